The van der Waals surface area contributed by atoms with Gasteiger partial charge >= 0.3 is 0 Å². The summed E-state index contributed by atoms with van der Waals surface area (Å²) >= 11 is 1.39. The number of aryl methyl sites for hydroxylation is 1. The van der Waals surface area contributed by atoms with Crippen LogP contribution >= 0.6 is 11.3 Å². The van der Waals surface area contributed by atoms with Gasteiger partial charge in [-0.15, -0.1) is 11.3 Å². The molecule has 1 aromatic heterocycles. The number of aromatic nitrogens is 1. The molecule has 1 aliphatic carbocycles. The van der Waals surface area contributed by atoms with E-state index in [2.05, 4.69) is 47.5 Å². The summed E-state index contributed by atoms with van der Waals surface area (Å²) in [7, 11) is 0. The van der Waals surface area contributed by atoms with Crippen molar-refractivity contribution in [2.45, 2.75) is 32.2 Å². The van der Waals surface area contributed by atoms with Crippen molar-refractivity contribution in [3.63, 3.8) is 0 Å². The van der Waals surface area contributed by atoms with Crippen molar-refractivity contribution in [2.75, 3.05) is 0 Å². The smallest absolute Gasteiger partial charge is 0.266 e. The van der Waals surface area contributed by atoms with Crippen molar-refractivity contribution in [1.82, 2.24) is 9.99 Å². The lowest BCUT2D eigenvalue weighted by atomic mass is 9.77. The van der Waals surface area contributed by atoms with Gasteiger partial charge < -0.3 is 0 Å². The average Bonchev–Trinajstić information content (AvgIpc) is 3.39. The summed E-state index contributed by atoms with van der Waals surface area (Å²) in [5.41, 5.74) is 7.13. The largest absolute Gasteiger partial charge is 0.286 e. The number of nitrogens with zero attached hydrogens (tertiary/aromatic N) is 3. The number of carbonyl (C=O) groups is 1. The summed E-state index contributed by atoms with van der Waals surface area (Å²) < 4.78 is 0. The Morgan fingerprint density at radius 3 is 2.53 bits per heavy atom. The molecule has 0 saturated heterocycles. The highest BCUT2D eigenvalue weighted by atomic mass is 32.1. The van der Waals surface area contributed by atoms with Crippen molar-refractivity contribution in [2.24, 2.45) is 11.0 Å². The van der Waals surface area contributed by atoms with Gasteiger partial charge in [0.25, 0.3) is 5.91 Å². The van der Waals surface area contributed by atoms with Gasteiger partial charge in [-0.05, 0) is 49.0 Å². The molecule has 2 aliphatic rings. The molecule has 0 spiro atoms. The van der Waals surface area contributed by atoms with Gasteiger partial charge in [-0.25, -0.2) is 9.99 Å². The van der Waals surface area contributed by atoms with Crippen LogP contribution in [0.3, 0.4) is 0 Å². The van der Waals surface area contributed by atoms with E-state index in [0.717, 1.165) is 36.2 Å². The standard InChI is InChI=1S/C25H23N3OS/c1-17-24(30-16-26-17)25(29)28-23(19-11-6-3-7-12-19)21-14-8-13-20(22(21)27-28)15-18-9-4-2-5-10-18/h2-7,9-12,15-16,21,23H,8,13-14H2,1H3/b20-15+/t21-,23+/m0/s1. The number of hydrogen-bond donors (Lipinski definition) is 0. The van der Waals surface area contributed by atoms with E-state index in [0.29, 0.717) is 4.88 Å². The molecule has 150 valence electrons. The van der Waals surface area contributed by atoms with Crippen LogP contribution in [-0.4, -0.2) is 21.6 Å². The summed E-state index contributed by atoms with van der Waals surface area (Å²) in [6.07, 6.45) is 5.37. The summed E-state index contributed by atoms with van der Waals surface area (Å²) in [6, 6.07) is 20.6. The predicted molar refractivity (Wildman–Crippen MR) is 121 cm³/mol. The maximum atomic E-state index is 13.5. The fourth-order valence-electron chi connectivity index (χ4n) is 4.51. The van der Waals surface area contributed by atoms with Gasteiger partial charge in [-0.1, -0.05) is 60.7 Å². The highest BCUT2D eigenvalue weighted by Crippen LogP contribution is 2.45. The van der Waals surface area contributed by atoms with Gasteiger partial charge in [0.15, 0.2) is 0 Å². The zero-order valence-corrected chi connectivity index (χ0v) is 17.7. The van der Waals surface area contributed by atoms with Gasteiger partial charge in [-0.2, -0.15) is 5.10 Å². The first-order chi connectivity index (χ1) is 14.7. The van der Waals surface area contributed by atoms with E-state index < -0.39 is 0 Å². The van der Waals surface area contributed by atoms with Crippen LogP contribution in [0.4, 0.5) is 0 Å². The molecule has 1 fully saturated rings. The quantitative estimate of drug-likeness (QED) is 0.537. The number of hydrazone groups is 1. The lowest BCUT2D eigenvalue weighted by Gasteiger charge is -2.29. The van der Waals surface area contributed by atoms with Gasteiger partial charge in [0, 0.05) is 5.92 Å². The molecular weight excluding hydrogens is 390 g/mol. The number of carbonyl (C=O) groups excluding carboxylic acids is 1. The van der Waals surface area contributed by atoms with Crippen LogP contribution in [-0.2, 0) is 0 Å². The molecule has 5 heteroatoms. The van der Waals surface area contributed by atoms with Crippen LogP contribution in [0.1, 0.15) is 51.8 Å². The normalized spacial score (nSPS) is 22.1. The lowest BCUT2D eigenvalue weighted by molar-refractivity contribution is 0.0685. The molecule has 5 rings (SSSR count). The third-order valence-electron chi connectivity index (χ3n) is 5.93. The van der Waals surface area contributed by atoms with E-state index in [9.17, 15) is 4.79 Å². The number of thiazole rings is 1. The topological polar surface area (TPSA) is 45.6 Å². The second-order valence-corrected chi connectivity index (χ2v) is 8.69. The molecule has 1 amide bonds. The van der Waals surface area contributed by atoms with E-state index in [-0.39, 0.29) is 17.9 Å². The number of fused-ring (bicyclic) bond motifs is 1. The van der Waals surface area contributed by atoms with E-state index in [1.165, 1.54) is 22.5 Å². The fourth-order valence-corrected chi connectivity index (χ4v) is 5.25. The van der Waals surface area contributed by atoms with Crippen molar-refractivity contribution in [1.29, 1.82) is 0 Å². The monoisotopic (exact) mass is 413 g/mol. The zero-order chi connectivity index (χ0) is 20.5. The first-order valence-corrected chi connectivity index (χ1v) is 11.2. The van der Waals surface area contributed by atoms with E-state index in [1.807, 2.05) is 31.2 Å². The number of allylic oxidation sites excluding steroid dienone is 1. The first-order valence-electron chi connectivity index (χ1n) is 10.4. The van der Waals surface area contributed by atoms with Crippen LogP contribution < -0.4 is 0 Å². The highest BCUT2D eigenvalue weighted by Gasteiger charge is 2.44. The molecule has 3 aromatic rings. The molecule has 2 atom stereocenters. The van der Waals surface area contributed by atoms with Crippen LogP contribution in [0.25, 0.3) is 6.08 Å². The van der Waals surface area contributed by atoms with Crippen LogP contribution in [0, 0.1) is 12.8 Å². The number of rotatable bonds is 3. The predicted octanol–water partition coefficient (Wildman–Crippen LogP) is 5.89. The zero-order valence-electron chi connectivity index (χ0n) is 16.9. The van der Waals surface area contributed by atoms with Gasteiger partial charge in [0.1, 0.15) is 4.88 Å². The molecule has 2 heterocycles. The minimum absolute atomic E-state index is 0.0511. The number of amides is 1. The Hall–Kier alpha value is -3.05. The minimum atomic E-state index is -0.0744. The van der Waals surface area contributed by atoms with Crippen molar-refractivity contribution in [3.8, 4) is 0 Å². The van der Waals surface area contributed by atoms with Crippen LogP contribution in [0.2, 0.25) is 0 Å². The summed E-state index contributed by atoms with van der Waals surface area (Å²) in [4.78, 5) is 18.4. The summed E-state index contributed by atoms with van der Waals surface area (Å²) in [5.74, 6) is 0.165. The maximum Gasteiger partial charge on any atom is 0.286 e. The highest BCUT2D eigenvalue weighted by molar-refractivity contribution is 7.11. The maximum absolute atomic E-state index is 13.5. The van der Waals surface area contributed by atoms with E-state index >= 15 is 0 Å². The van der Waals surface area contributed by atoms with Gasteiger partial charge in [0.2, 0.25) is 0 Å². The molecule has 0 N–H and O–H groups in total. The average molecular weight is 414 g/mol. The van der Waals surface area contributed by atoms with E-state index in [4.69, 9.17) is 5.10 Å². The van der Waals surface area contributed by atoms with Gasteiger partial charge in [0.05, 0.1) is 23.0 Å². The third-order valence-corrected chi connectivity index (χ3v) is 6.85. The Kier molecular flexibility index (Phi) is 5.05. The second-order valence-electron chi connectivity index (χ2n) is 7.84. The van der Waals surface area contributed by atoms with Gasteiger partial charge in [-0.3, -0.25) is 4.79 Å². The SMILES string of the molecule is Cc1ncsc1C(=O)N1N=C2/C(=C/c3ccccc3)CCC[C@@H]2[C@H]1c1ccccc1. The Morgan fingerprint density at radius 1 is 1.10 bits per heavy atom. The summed E-state index contributed by atoms with van der Waals surface area (Å²) in [6.45, 7) is 1.89. The van der Waals surface area contributed by atoms with Crippen molar-refractivity contribution < 1.29 is 4.79 Å². The molecule has 2 aromatic carbocycles. The lowest BCUT2D eigenvalue weighted by Crippen LogP contribution is -2.31. The molecular formula is C25H23N3OS. The van der Waals surface area contributed by atoms with Crippen molar-refractivity contribution >= 4 is 29.0 Å². The molecule has 0 radical (unpaired) electrons. The van der Waals surface area contributed by atoms with Crippen LogP contribution in [0.5, 0.6) is 0 Å². The Bertz CT molecular complexity index is 1120. The molecule has 4 nitrogen and oxygen atoms in total. The molecule has 0 unspecified atom stereocenters. The Morgan fingerprint density at radius 2 is 1.83 bits per heavy atom. The Labute approximate surface area is 180 Å². The van der Waals surface area contributed by atoms with E-state index in [1.54, 1.807) is 10.5 Å². The van der Waals surface area contributed by atoms with Crippen molar-refractivity contribution in [3.05, 3.63) is 93.4 Å². The number of benzene rings is 2. The van der Waals surface area contributed by atoms with Crippen LogP contribution in [0.15, 0.2) is 76.8 Å². The number of hydrogen-bond acceptors (Lipinski definition) is 4. The molecule has 1 saturated carbocycles. The minimum Gasteiger partial charge on any atom is -0.266 e. The third kappa shape index (κ3) is 3.39. The first kappa shape index (κ1) is 18.9. The summed E-state index contributed by atoms with van der Waals surface area (Å²) in [5, 5.41) is 6.68. The molecule has 0 bridgehead atoms. The fraction of sp³-hybridized carbons (Fsp3) is 0.240. The second kappa shape index (κ2) is 8.00. The molecule has 30 heavy (non-hydrogen) atoms. The molecule has 1 aliphatic heterocycles. The Balaban J connectivity index is 1.59.